The fourth-order valence-electron chi connectivity index (χ4n) is 2.75. The second-order valence-corrected chi connectivity index (χ2v) is 6.17. The summed E-state index contributed by atoms with van der Waals surface area (Å²) in [5.41, 5.74) is 1.97. The first kappa shape index (κ1) is 18.8. The Morgan fingerprint density at radius 3 is 2.63 bits per heavy atom. The van der Waals surface area contributed by atoms with Crippen molar-refractivity contribution < 1.29 is 22.7 Å². The number of alkyl halides is 3. The predicted octanol–water partition coefficient (Wildman–Crippen LogP) is 4.01. The molecule has 1 N–H and O–H groups in total. The van der Waals surface area contributed by atoms with Crippen molar-refractivity contribution in [3.63, 3.8) is 0 Å². The summed E-state index contributed by atoms with van der Waals surface area (Å²) in [6, 6.07) is 12.0. The van der Waals surface area contributed by atoms with E-state index in [2.05, 4.69) is 15.0 Å². The van der Waals surface area contributed by atoms with E-state index >= 15 is 0 Å². The van der Waals surface area contributed by atoms with Crippen LogP contribution in [0.25, 0.3) is 10.9 Å². The number of halogens is 3. The smallest absolute Gasteiger partial charge is 0.422 e. The van der Waals surface area contributed by atoms with Gasteiger partial charge in [-0.2, -0.15) is 13.2 Å². The second kappa shape index (κ2) is 7.30. The second-order valence-electron chi connectivity index (χ2n) is 6.17. The van der Waals surface area contributed by atoms with Crippen LogP contribution in [0.4, 0.5) is 13.2 Å². The van der Waals surface area contributed by atoms with Gasteiger partial charge >= 0.3 is 6.18 Å². The lowest BCUT2D eigenvalue weighted by molar-refractivity contribution is -0.153. The van der Waals surface area contributed by atoms with Crippen LogP contribution in [0, 0.1) is 0 Å². The SMILES string of the molecule is CC(NC(=O)c1cc2ccccc2n1C)c1ccc(OCC(F)(F)F)cn1. The Bertz CT molecular complexity index is 949. The number of aryl methyl sites for hydroxylation is 1. The molecule has 0 saturated carbocycles. The van der Waals surface area contributed by atoms with Crippen LogP contribution >= 0.6 is 0 Å². The van der Waals surface area contributed by atoms with Gasteiger partial charge in [-0.3, -0.25) is 9.78 Å². The Labute approximate surface area is 153 Å². The summed E-state index contributed by atoms with van der Waals surface area (Å²) >= 11 is 0. The topological polar surface area (TPSA) is 56.2 Å². The number of pyridine rings is 1. The van der Waals surface area contributed by atoms with Gasteiger partial charge in [0.1, 0.15) is 11.4 Å². The van der Waals surface area contributed by atoms with Crippen LogP contribution in [-0.4, -0.2) is 28.2 Å². The highest BCUT2D eigenvalue weighted by molar-refractivity contribution is 5.98. The van der Waals surface area contributed by atoms with Gasteiger partial charge in [-0.05, 0) is 31.2 Å². The van der Waals surface area contributed by atoms with Crippen LogP contribution in [0.1, 0.15) is 29.1 Å². The number of carbonyl (C=O) groups excluding carboxylic acids is 1. The number of hydrogen-bond donors (Lipinski definition) is 1. The van der Waals surface area contributed by atoms with E-state index in [0.29, 0.717) is 11.4 Å². The molecule has 0 aliphatic heterocycles. The van der Waals surface area contributed by atoms with Crippen LogP contribution in [0.15, 0.2) is 48.7 Å². The molecular weight excluding hydrogens is 359 g/mol. The van der Waals surface area contributed by atoms with Crippen LogP contribution in [0.2, 0.25) is 0 Å². The van der Waals surface area contributed by atoms with E-state index in [1.165, 1.54) is 18.3 Å². The molecule has 27 heavy (non-hydrogen) atoms. The van der Waals surface area contributed by atoms with E-state index in [0.717, 1.165) is 10.9 Å². The quantitative estimate of drug-likeness (QED) is 0.731. The largest absolute Gasteiger partial charge is 0.483 e. The Morgan fingerprint density at radius 1 is 1.26 bits per heavy atom. The lowest BCUT2D eigenvalue weighted by atomic mass is 10.2. The highest BCUT2D eigenvalue weighted by atomic mass is 19.4. The fourth-order valence-corrected chi connectivity index (χ4v) is 2.75. The molecule has 2 heterocycles. The summed E-state index contributed by atoms with van der Waals surface area (Å²) in [6.45, 7) is 0.375. The van der Waals surface area contributed by atoms with Gasteiger partial charge in [0.25, 0.3) is 5.91 Å². The maximum Gasteiger partial charge on any atom is 0.422 e. The molecule has 1 amide bonds. The molecule has 142 valence electrons. The molecule has 1 unspecified atom stereocenters. The molecule has 0 aliphatic carbocycles. The normalized spacial score (nSPS) is 12.8. The molecule has 0 saturated heterocycles. The molecule has 1 atom stereocenters. The zero-order chi connectivity index (χ0) is 19.6. The lowest BCUT2D eigenvalue weighted by Gasteiger charge is -2.15. The highest BCUT2D eigenvalue weighted by Gasteiger charge is 2.28. The number of rotatable bonds is 5. The third-order valence-corrected chi connectivity index (χ3v) is 4.14. The van der Waals surface area contributed by atoms with Gasteiger partial charge in [0.2, 0.25) is 0 Å². The first-order valence-corrected chi connectivity index (χ1v) is 8.25. The molecule has 0 aliphatic rings. The van der Waals surface area contributed by atoms with Crippen molar-refractivity contribution in [2.45, 2.75) is 19.1 Å². The lowest BCUT2D eigenvalue weighted by Crippen LogP contribution is -2.28. The van der Waals surface area contributed by atoms with E-state index in [1.807, 2.05) is 31.3 Å². The number of benzene rings is 1. The average Bonchev–Trinajstić information content (AvgIpc) is 2.97. The van der Waals surface area contributed by atoms with Gasteiger partial charge in [0, 0.05) is 18.0 Å². The number of fused-ring (bicyclic) bond motifs is 1. The van der Waals surface area contributed by atoms with Crippen molar-refractivity contribution in [3.05, 3.63) is 60.0 Å². The summed E-state index contributed by atoms with van der Waals surface area (Å²) in [6.07, 6.45) is -3.20. The van der Waals surface area contributed by atoms with Crippen molar-refractivity contribution >= 4 is 16.8 Å². The van der Waals surface area contributed by atoms with E-state index in [-0.39, 0.29) is 11.7 Å². The number of nitrogens with one attached hydrogen (secondary N) is 1. The molecule has 0 fully saturated rings. The summed E-state index contributed by atoms with van der Waals surface area (Å²) in [7, 11) is 1.81. The zero-order valence-corrected chi connectivity index (χ0v) is 14.7. The third-order valence-electron chi connectivity index (χ3n) is 4.14. The Morgan fingerprint density at radius 2 is 2.00 bits per heavy atom. The molecule has 8 heteroatoms. The summed E-state index contributed by atoms with van der Waals surface area (Å²) < 4.78 is 42.9. The van der Waals surface area contributed by atoms with Crippen LogP contribution in [0.3, 0.4) is 0 Å². The monoisotopic (exact) mass is 377 g/mol. The first-order chi connectivity index (χ1) is 12.7. The number of hydrogen-bond acceptors (Lipinski definition) is 3. The molecule has 3 rings (SSSR count). The van der Waals surface area contributed by atoms with Crippen LogP contribution < -0.4 is 10.1 Å². The van der Waals surface area contributed by atoms with E-state index < -0.39 is 18.8 Å². The summed E-state index contributed by atoms with van der Waals surface area (Å²) in [4.78, 5) is 16.7. The van der Waals surface area contributed by atoms with Gasteiger partial charge in [-0.15, -0.1) is 0 Å². The van der Waals surface area contributed by atoms with Gasteiger partial charge in [0.05, 0.1) is 17.9 Å². The molecule has 2 aromatic heterocycles. The fraction of sp³-hybridized carbons (Fsp3) is 0.263. The number of ether oxygens (including phenoxy) is 1. The number of carbonyl (C=O) groups is 1. The summed E-state index contributed by atoms with van der Waals surface area (Å²) in [5.74, 6) is -0.247. The molecule has 3 aromatic rings. The van der Waals surface area contributed by atoms with Crippen molar-refractivity contribution in [3.8, 4) is 5.75 Å². The average molecular weight is 377 g/mol. The zero-order valence-electron chi connectivity index (χ0n) is 14.7. The number of aromatic nitrogens is 2. The van der Waals surface area contributed by atoms with E-state index in [1.54, 1.807) is 17.6 Å². The number of amides is 1. The van der Waals surface area contributed by atoms with Crippen molar-refractivity contribution in [2.24, 2.45) is 7.05 Å². The number of para-hydroxylation sites is 1. The minimum atomic E-state index is -4.40. The van der Waals surface area contributed by atoms with Gasteiger partial charge in [-0.25, -0.2) is 0 Å². The van der Waals surface area contributed by atoms with Gasteiger partial charge in [0.15, 0.2) is 6.61 Å². The molecular formula is C19H18F3N3O2. The predicted molar refractivity (Wildman–Crippen MR) is 94.6 cm³/mol. The van der Waals surface area contributed by atoms with Crippen LogP contribution in [0.5, 0.6) is 5.75 Å². The van der Waals surface area contributed by atoms with Crippen LogP contribution in [-0.2, 0) is 7.05 Å². The summed E-state index contributed by atoms with van der Waals surface area (Å²) in [5, 5.41) is 3.81. The number of nitrogens with zero attached hydrogens (tertiary/aromatic N) is 2. The molecule has 1 aromatic carbocycles. The first-order valence-electron chi connectivity index (χ1n) is 8.25. The molecule has 0 bridgehead atoms. The minimum Gasteiger partial charge on any atom is -0.483 e. The Hall–Kier alpha value is -3.03. The molecule has 5 nitrogen and oxygen atoms in total. The Balaban J connectivity index is 1.68. The Kier molecular flexibility index (Phi) is 5.07. The maximum absolute atomic E-state index is 12.6. The standard InChI is InChI=1S/C19H18F3N3O2/c1-12(15-8-7-14(10-23-15)27-11-19(20,21)22)24-18(26)17-9-13-5-3-4-6-16(13)25(17)2/h3-10,12H,11H2,1-2H3,(H,24,26). The minimum absolute atomic E-state index is 0.0169. The van der Waals surface area contributed by atoms with Gasteiger partial charge in [-0.1, -0.05) is 18.2 Å². The van der Waals surface area contributed by atoms with Crippen molar-refractivity contribution in [2.75, 3.05) is 6.61 Å². The third kappa shape index (κ3) is 4.39. The van der Waals surface area contributed by atoms with Crippen molar-refractivity contribution in [1.82, 2.24) is 14.9 Å². The molecule has 0 spiro atoms. The van der Waals surface area contributed by atoms with Crippen molar-refractivity contribution in [1.29, 1.82) is 0 Å². The van der Waals surface area contributed by atoms with Gasteiger partial charge < -0.3 is 14.6 Å². The highest BCUT2D eigenvalue weighted by Crippen LogP contribution is 2.21. The van der Waals surface area contributed by atoms with E-state index in [9.17, 15) is 18.0 Å². The molecule has 0 radical (unpaired) electrons. The van der Waals surface area contributed by atoms with E-state index in [4.69, 9.17) is 0 Å². The maximum atomic E-state index is 12.6.